The molecule has 3 aromatic carbocycles. The fourth-order valence-corrected chi connectivity index (χ4v) is 4.51. The number of pyridine rings is 1. The van der Waals surface area contributed by atoms with Crippen LogP contribution in [0.1, 0.15) is 32.6 Å². The second kappa shape index (κ2) is 11.4. The van der Waals surface area contributed by atoms with Crippen LogP contribution in [-0.4, -0.2) is 23.5 Å². The summed E-state index contributed by atoms with van der Waals surface area (Å²) in [5, 5.41) is 8.74. The highest BCUT2D eigenvalue weighted by atomic mass is 16.2. The summed E-state index contributed by atoms with van der Waals surface area (Å²) in [6.45, 7) is 2.31. The number of urea groups is 1. The molecule has 186 valence electrons. The molecule has 1 aromatic heterocycles. The van der Waals surface area contributed by atoms with Crippen LogP contribution in [0.15, 0.2) is 97.3 Å². The maximum Gasteiger partial charge on any atom is 0.319 e. The highest BCUT2D eigenvalue weighted by molar-refractivity contribution is 6.02. The van der Waals surface area contributed by atoms with Crippen LogP contribution in [0.2, 0.25) is 0 Å². The zero-order chi connectivity index (χ0) is 25.5. The fourth-order valence-electron chi connectivity index (χ4n) is 4.51. The number of benzene rings is 3. The minimum absolute atomic E-state index is 0.203. The van der Waals surface area contributed by atoms with Gasteiger partial charge in [0.25, 0.3) is 5.91 Å². The van der Waals surface area contributed by atoms with Crippen molar-refractivity contribution in [2.24, 2.45) is 0 Å². The van der Waals surface area contributed by atoms with Crippen molar-refractivity contribution in [3.63, 3.8) is 0 Å². The molecule has 0 unspecified atom stereocenters. The Morgan fingerprint density at radius 2 is 1.57 bits per heavy atom. The van der Waals surface area contributed by atoms with Crippen molar-refractivity contribution in [1.29, 1.82) is 0 Å². The van der Waals surface area contributed by atoms with Crippen molar-refractivity contribution < 1.29 is 9.59 Å². The molecule has 1 aliphatic rings. The highest BCUT2D eigenvalue weighted by Crippen LogP contribution is 2.29. The average molecular weight is 492 g/mol. The second-order valence-electron chi connectivity index (χ2n) is 9.01. The van der Waals surface area contributed by atoms with Crippen molar-refractivity contribution in [3.05, 3.63) is 125 Å². The summed E-state index contributed by atoms with van der Waals surface area (Å²) in [5.41, 5.74) is 6.44. The van der Waals surface area contributed by atoms with Gasteiger partial charge in [-0.05, 0) is 52.9 Å². The van der Waals surface area contributed by atoms with Crippen LogP contribution in [0.4, 0.5) is 16.2 Å². The molecule has 37 heavy (non-hydrogen) atoms. The van der Waals surface area contributed by atoms with Crippen LogP contribution in [0.5, 0.6) is 0 Å². The molecule has 0 spiro atoms. The van der Waals surface area contributed by atoms with Crippen LogP contribution in [0.25, 0.3) is 0 Å². The van der Waals surface area contributed by atoms with Crippen LogP contribution < -0.4 is 20.9 Å². The van der Waals surface area contributed by atoms with Gasteiger partial charge in [0.2, 0.25) is 0 Å². The number of aromatic nitrogens is 1. The molecule has 3 N–H and O–H groups in total. The van der Waals surface area contributed by atoms with Crippen molar-refractivity contribution in [2.75, 3.05) is 16.8 Å². The average Bonchev–Trinajstić information content (AvgIpc) is 2.95. The van der Waals surface area contributed by atoms with E-state index in [0.717, 1.165) is 36.3 Å². The number of amides is 3. The van der Waals surface area contributed by atoms with Crippen LogP contribution in [0, 0.1) is 0 Å². The first kappa shape index (κ1) is 24.1. The number of anilines is 2. The van der Waals surface area contributed by atoms with Gasteiger partial charge in [0, 0.05) is 49.9 Å². The van der Waals surface area contributed by atoms with Crippen molar-refractivity contribution in [3.8, 4) is 0 Å². The van der Waals surface area contributed by atoms with Gasteiger partial charge in [-0.1, -0.05) is 60.7 Å². The smallest absolute Gasteiger partial charge is 0.319 e. The Kier molecular flexibility index (Phi) is 7.41. The van der Waals surface area contributed by atoms with Gasteiger partial charge in [-0.3, -0.25) is 9.78 Å². The van der Waals surface area contributed by atoms with E-state index in [2.05, 4.69) is 44.0 Å². The van der Waals surface area contributed by atoms with E-state index < -0.39 is 0 Å². The lowest BCUT2D eigenvalue weighted by Gasteiger charge is -2.32. The molecule has 0 bridgehead atoms. The number of nitrogens with one attached hydrogen (secondary N) is 3. The minimum atomic E-state index is -0.328. The summed E-state index contributed by atoms with van der Waals surface area (Å²) in [7, 11) is 0. The van der Waals surface area contributed by atoms with E-state index in [1.165, 1.54) is 11.1 Å². The Balaban J connectivity index is 1.34. The molecule has 0 fully saturated rings. The largest absolute Gasteiger partial charge is 0.366 e. The zero-order valence-electron chi connectivity index (χ0n) is 20.5. The summed E-state index contributed by atoms with van der Waals surface area (Å²) < 4.78 is 0. The quantitative estimate of drug-likeness (QED) is 0.343. The van der Waals surface area contributed by atoms with E-state index in [1.807, 2.05) is 60.7 Å². The van der Waals surface area contributed by atoms with Gasteiger partial charge in [-0.25, -0.2) is 4.79 Å². The third-order valence-corrected chi connectivity index (χ3v) is 6.44. The molecule has 0 radical (unpaired) electrons. The lowest BCUT2D eigenvalue weighted by atomic mass is 9.98. The predicted octanol–water partition coefficient (Wildman–Crippen LogP) is 4.90. The molecule has 0 saturated carbocycles. The van der Waals surface area contributed by atoms with E-state index in [4.69, 9.17) is 0 Å². The Morgan fingerprint density at radius 3 is 2.38 bits per heavy atom. The van der Waals surface area contributed by atoms with Crippen molar-refractivity contribution in [2.45, 2.75) is 26.1 Å². The summed E-state index contributed by atoms with van der Waals surface area (Å²) in [5.74, 6) is -0.203. The second-order valence-corrected chi connectivity index (χ2v) is 9.01. The predicted molar refractivity (Wildman–Crippen MR) is 145 cm³/mol. The van der Waals surface area contributed by atoms with Gasteiger partial charge < -0.3 is 20.9 Å². The Labute approximate surface area is 216 Å². The Bertz CT molecular complexity index is 1380. The summed E-state index contributed by atoms with van der Waals surface area (Å²) >= 11 is 0. The van der Waals surface area contributed by atoms with E-state index in [9.17, 15) is 9.59 Å². The summed E-state index contributed by atoms with van der Waals surface area (Å²) in [6.07, 6.45) is 4.35. The van der Waals surface area contributed by atoms with Crippen LogP contribution in [0.3, 0.4) is 0 Å². The monoisotopic (exact) mass is 491 g/mol. The molecule has 0 atom stereocenters. The number of nitrogens with zero attached hydrogens (tertiary/aromatic N) is 2. The molecule has 7 nitrogen and oxygen atoms in total. The molecule has 3 amide bonds. The number of rotatable bonds is 7. The van der Waals surface area contributed by atoms with Gasteiger partial charge in [0.15, 0.2) is 0 Å². The normalized spacial score (nSPS) is 12.4. The third kappa shape index (κ3) is 6.13. The van der Waals surface area contributed by atoms with E-state index >= 15 is 0 Å². The number of hydrogen-bond donors (Lipinski definition) is 3. The van der Waals surface area contributed by atoms with Gasteiger partial charge in [-0.15, -0.1) is 0 Å². The number of carbonyl (C=O) groups is 2. The van der Waals surface area contributed by atoms with E-state index in [1.54, 1.807) is 18.5 Å². The van der Waals surface area contributed by atoms with Crippen molar-refractivity contribution >= 4 is 23.3 Å². The zero-order valence-corrected chi connectivity index (χ0v) is 20.5. The standard InChI is InChI=1S/C30H29N5O2/c36-29(32-20-23-9-6-15-31-18-23)27-17-26(34-30(37)33-19-22-7-2-1-3-8-22)12-13-28(27)35-16-14-24-10-4-5-11-25(24)21-35/h1-13,15,17-18H,14,16,19-21H2,(H,32,36)(H2,33,34,37). The minimum Gasteiger partial charge on any atom is -0.366 e. The SMILES string of the molecule is O=C(NCc1ccccc1)Nc1ccc(N2CCc3ccccc3C2)c(C(=O)NCc2cccnc2)c1. The lowest BCUT2D eigenvalue weighted by Crippen LogP contribution is -2.33. The van der Waals surface area contributed by atoms with Crippen LogP contribution >= 0.6 is 0 Å². The number of fused-ring (bicyclic) bond motifs is 1. The first-order valence-corrected chi connectivity index (χ1v) is 12.4. The van der Waals surface area contributed by atoms with Gasteiger partial charge in [-0.2, -0.15) is 0 Å². The molecular weight excluding hydrogens is 462 g/mol. The van der Waals surface area contributed by atoms with Gasteiger partial charge in [0.05, 0.1) is 5.56 Å². The van der Waals surface area contributed by atoms with Gasteiger partial charge >= 0.3 is 6.03 Å². The maximum atomic E-state index is 13.4. The molecular formula is C30H29N5O2. The highest BCUT2D eigenvalue weighted by Gasteiger charge is 2.22. The Morgan fingerprint density at radius 1 is 0.811 bits per heavy atom. The van der Waals surface area contributed by atoms with E-state index in [0.29, 0.717) is 24.3 Å². The lowest BCUT2D eigenvalue weighted by molar-refractivity contribution is 0.0951. The third-order valence-electron chi connectivity index (χ3n) is 6.44. The molecule has 7 heteroatoms. The topological polar surface area (TPSA) is 86.4 Å². The van der Waals surface area contributed by atoms with Gasteiger partial charge in [0.1, 0.15) is 0 Å². The first-order valence-electron chi connectivity index (χ1n) is 12.4. The fraction of sp³-hybridized carbons (Fsp3) is 0.167. The van der Waals surface area contributed by atoms with Crippen molar-refractivity contribution in [1.82, 2.24) is 15.6 Å². The molecule has 4 aromatic rings. The first-order chi connectivity index (χ1) is 18.2. The number of hydrogen-bond acceptors (Lipinski definition) is 4. The van der Waals surface area contributed by atoms with E-state index in [-0.39, 0.29) is 11.9 Å². The number of carbonyl (C=O) groups excluding carboxylic acids is 2. The molecule has 5 rings (SSSR count). The molecule has 1 aliphatic heterocycles. The van der Waals surface area contributed by atoms with Crippen LogP contribution in [-0.2, 0) is 26.1 Å². The molecule has 0 aliphatic carbocycles. The Hall–Kier alpha value is -4.65. The molecule has 2 heterocycles. The summed E-state index contributed by atoms with van der Waals surface area (Å²) in [4.78, 5) is 32.3. The summed E-state index contributed by atoms with van der Waals surface area (Å²) in [6, 6.07) is 27.1. The maximum absolute atomic E-state index is 13.4. The molecule has 0 saturated heterocycles.